The zero-order valence-electron chi connectivity index (χ0n) is 15.2. The molecule has 7 nitrogen and oxygen atoms in total. The fourth-order valence-electron chi connectivity index (χ4n) is 2.70. The third-order valence-corrected chi connectivity index (χ3v) is 5.01. The van der Waals surface area contributed by atoms with Crippen LogP contribution in [0.5, 0.6) is 5.75 Å². The van der Waals surface area contributed by atoms with E-state index in [0.717, 1.165) is 22.6 Å². The minimum atomic E-state index is -0.317. The average Bonchev–Trinajstić information content (AvgIpc) is 3.46. The fourth-order valence-corrected chi connectivity index (χ4v) is 3.54. The van der Waals surface area contributed by atoms with E-state index in [9.17, 15) is 4.79 Å². The number of amides is 1. The van der Waals surface area contributed by atoms with E-state index < -0.39 is 0 Å². The average molecular weight is 394 g/mol. The predicted molar refractivity (Wildman–Crippen MR) is 106 cm³/mol. The van der Waals surface area contributed by atoms with Gasteiger partial charge in [0.15, 0.2) is 10.9 Å². The van der Waals surface area contributed by atoms with Gasteiger partial charge in [-0.05, 0) is 29.8 Å². The number of furan rings is 1. The van der Waals surface area contributed by atoms with Crippen molar-refractivity contribution in [3.63, 3.8) is 0 Å². The largest absolute Gasteiger partial charge is 0.497 e. The third-order valence-electron chi connectivity index (χ3n) is 4.09. The summed E-state index contributed by atoms with van der Waals surface area (Å²) >= 11 is 1.44. The molecular formula is C20H18N4O3S. The molecule has 1 amide bonds. The number of carbonyl (C=O) groups is 1. The van der Waals surface area contributed by atoms with Crippen LogP contribution in [-0.2, 0) is 13.0 Å². The Hall–Kier alpha value is -3.39. The van der Waals surface area contributed by atoms with Gasteiger partial charge >= 0.3 is 0 Å². The molecule has 0 spiro atoms. The smallest absolute Gasteiger partial charge is 0.293 e. The lowest BCUT2D eigenvalue weighted by molar-refractivity contribution is 0.0994. The highest BCUT2D eigenvalue weighted by atomic mass is 32.1. The summed E-state index contributed by atoms with van der Waals surface area (Å²) in [6, 6.07) is 11.3. The molecule has 3 heterocycles. The van der Waals surface area contributed by atoms with Crippen molar-refractivity contribution in [2.75, 3.05) is 12.4 Å². The first-order valence-electron chi connectivity index (χ1n) is 8.63. The van der Waals surface area contributed by atoms with Crippen molar-refractivity contribution in [1.29, 1.82) is 0 Å². The molecule has 142 valence electrons. The number of nitrogens with zero attached hydrogens (tertiary/aromatic N) is 3. The van der Waals surface area contributed by atoms with Crippen LogP contribution < -0.4 is 10.1 Å². The normalized spacial score (nSPS) is 10.8. The highest BCUT2D eigenvalue weighted by Crippen LogP contribution is 2.23. The zero-order chi connectivity index (χ0) is 19.3. The first-order valence-corrected chi connectivity index (χ1v) is 9.45. The minimum absolute atomic E-state index is 0.252. The lowest BCUT2D eigenvalue weighted by Crippen LogP contribution is -2.10. The molecular weight excluding hydrogens is 376 g/mol. The van der Waals surface area contributed by atoms with E-state index in [0.29, 0.717) is 17.4 Å². The van der Waals surface area contributed by atoms with Crippen molar-refractivity contribution in [3.8, 4) is 5.75 Å². The number of anilines is 1. The second kappa shape index (κ2) is 8.10. The van der Waals surface area contributed by atoms with Crippen LogP contribution in [0.1, 0.15) is 26.8 Å². The first-order chi connectivity index (χ1) is 13.7. The number of nitrogens with one attached hydrogen (secondary N) is 1. The lowest BCUT2D eigenvalue weighted by Gasteiger charge is -2.01. The molecule has 0 aliphatic heterocycles. The maximum absolute atomic E-state index is 12.4. The Balaban J connectivity index is 1.36. The number of ether oxygens (including phenoxy) is 1. The summed E-state index contributed by atoms with van der Waals surface area (Å²) < 4.78 is 12.7. The van der Waals surface area contributed by atoms with Crippen molar-refractivity contribution < 1.29 is 13.9 Å². The Morgan fingerprint density at radius 1 is 1.25 bits per heavy atom. The molecule has 1 N–H and O–H groups in total. The first kappa shape index (κ1) is 18.0. The molecule has 0 radical (unpaired) electrons. The Labute approximate surface area is 165 Å². The summed E-state index contributed by atoms with van der Waals surface area (Å²) in [5.74, 6) is 1.44. The van der Waals surface area contributed by atoms with Crippen molar-refractivity contribution in [2.24, 2.45) is 0 Å². The summed E-state index contributed by atoms with van der Waals surface area (Å²) in [7, 11) is 1.65. The SMILES string of the molecule is COc1ccc(Cc2cnc(NC(=O)c3ccc(Cn4ccnc4)o3)s2)cc1. The fraction of sp³-hybridized carbons (Fsp3) is 0.150. The number of carbonyl (C=O) groups excluding carboxylic acids is 1. The Morgan fingerprint density at radius 2 is 2.11 bits per heavy atom. The molecule has 0 saturated heterocycles. The number of hydrogen-bond donors (Lipinski definition) is 1. The summed E-state index contributed by atoms with van der Waals surface area (Å²) in [6.07, 6.45) is 7.75. The van der Waals surface area contributed by atoms with Gasteiger partial charge in [-0.15, -0.1) is 11.3 Å². The molecule has 8 heteroatoms. The molecule has 0 bridgehead atoms. The van der Waals surface area contributed by atoms with Crippen LogP contribution in [0, 0.1) is 0 Å². The number of rotatable bonds is 7. The third kappa shape index (κ3) is 4.29. The quantitative estimate of drug-likeness (QED) is 0.515. The van der Waals surface area contributed by atoms with Crippen LogP contribution >= 0.6 is 11.3 Å². The van der Waals surface area contributed by atoms with E-state index >= 15 is 0 Å². The standard InChI is InChI=1S/C20H18N4O3S/c1-26-15-4-2-14(3-5-15)10-17-11-22-20(28-17)23-19(25)18-7-6-16(27-18)12-24-9-8-21-13-24/h2-9,11,13H,10,12H2,1H3,(H,22,23,25). The van der Waals surface area contributed by atoms with Gasteiger partial charge < -0.3 is 13.7 Å². The number of thiazole rings is 1. The molecule has 0 fully saturated rings. The van der Waals surface area contributed by atoms with Crippen LogP contribution in [0.4, 0.5) is 5.13 Å². The number of methoxy groups -OCH3 is 1. The summed E-state index contributed by atoms with van der Waals surface area (Å²) in [5, 5.41) is 3.33. The highest BCUT2D eigenvalue weighted by molar-refractivity contribution is 7.15. The van der Waals surface area contributed by atoms with Gasteiger partial charge in [0.2, 0.25) is 0 Å². The summed E-state index contributed by atoms with van der Waals surface area (Å²) in [4.78, 5) is 21.7. The van der Waals surface area contributed by atoms with Gasteiger partial charge in [0.25, 0.3) is 5.91 Å². The molecule has 0 atom stereocenters. The molecule has 0 saturated carbocycles. The van der Waals surface area contributed by atoms with E-state index in [-0.39, 0.29) is 11.7 Å². The molecule has 0 aliphatic carbocycles. The Morgan fingerprint density at radius 3 is 2.86 bits per heavy atom. The van der Waals surface area contributed by atoms with Gasteiger partial charge in [0.1, 0.15) is 11.5 Å². The number of benzene rings is 1. The van der Waals surface area contributed by atoms with Crippen LogP contribution in [0.3, 0.4) is 0 Å². The van der Waals surface area contributed by atoms with E-state index in [4.69, 9.17) is 9.15 Å². The minimum Gasteiger partial charge on any atom is -0.497 e. The maximum atomic E-state index is 12.4. The van der Waals surface area contributed by atoms with Crippen molar-refractivity contribution >= 4 is 22.4 Å². The molecule has 4 rings (SSSR count). The second-order valence-electron chi connectivity index (χ2n) is 6.11. The second-order valence-corrected chi connectivity index (χ2v) is 7.23. The molecule has 1 aromatic carbocycles. The molecule has 3 aromatic heterocycles. The molecule has 4 aromatic rings. The van der Waals surface area contributed by atoms with Gasteiger partial charge in [0, 0.05) is 29.9 Å². The van der Waals surface area contributed by atoms with E-state index in [1.165, 1.54) is 11.3 Å². The Kier molecular flexibility index (Phi) is 5.20. The topological polar surface area (TPSA) is 82.2 Å². The molecule has 0 aliphatic rings. The van der Waals surface area contributed by atoms with Gasteiger partial charge in [-0.25, -0.2) is 9.97 Å². The number of imidazole rings is 1. The van der Waals surface area contributed by atoms with Crippen molar-refractivity contribution in [3.05, 3.63) is 83.3 Å². The lowest BCUT2D eigenvalue weighted by atomic mass is 10.1. The van der Waals surface area contributed by atoms with Gasteiger partial charge in [-0.3, -0.25) is 10.1 Å². The predicted octanol–water partition coefficient (Wildman–Crippen LogP) is 3.83. The van der Waals surface area contributed by atoms with Crippen molar-refractivity contribution in [2.45, 2.75) is 13.0 Å². The summed E-state index contributed by atoms with van der Waals surface area (Å²) in [5.41, 5.74) is 1.15. The van der Waals surface area contributed by atoms with E-state index in [1.54, 1.807) is 38.0 Å². The molecule has 0 unspecified atom stereocenters. The summed E-state index contributed by atoms with van der Waals surface area (Å²) in [6.45, 7) is 0.524. The monoisotopic (exact) mass is 394 g/mol. The van der Waals surface area contributed by atoms with Crippen molar-refractivity contribution in [1.82, 2.24) is 14.5 Å². The zero-order valence-corrected chi connectivity index (χ0v) is 16.0. The van der Waals surface area contributed by atoms with Crippen LogP contribution in [0.15, 0.2) is 65.7 Å². The Bertz CT molecular complexity index is 1050. The maximum Gasteiger partial charge on any atom is 0.293 e. The number of aromatic nitrogens is 3. The van der Waals surface area contributed by atoms with E-state index in [1.807, 2.05) is 35.0 Å². The highest BCUT2D eigenvalue weighted by Gasteiger charge is 2.14. The van der Waals surface area contributed by atoms with Crippen LogP contribution in [0.2, 0.25) is 0 Å². The van der Waals surface area contributed by atoms with Gasteiger partial charge in [-0.2, -0.15) is 0 Å². The van der Waals surface area contributed by atoms with Crippen LogP contribution in [0.25, 0.3) is 0 Å². The van der Waals surface area contributed by atoms with Gasteiger partial charge in [-0.1, -0.05) is 12.1 Å². The molecule has 28 heavy (non-hydrogen) atoms. The van der Waals surface area contributed by atoms with Gasteiger partial charge in [0.05, 0.1) is 20.0 Å². The van der Waals surface area contributed by atoms with Crippen LogP contribution in [-0.4, -0.2) is 27.6 Å². The number of hydrogen-bond acceptors (Lipinski definition) is 6. The van der Waals surface area contributed by atoms with E-state index in [2.05, 4.69) is 15.3 Å².